The Balaban J connectivity index is 2.07. The van der Waals surface area contributed by atoms with Crippen LogP contribution >= 0.6 is 11.6 Å². The van der Waals surface area contributed by atoms with E-state index < -0.39 is 5.97 Å². The summed E-state index contributed by atoms with van der Waals surface area (Å²) < 4.78 is 0. The van der Waals surface area contributed by atoms with Gasteiger partial charge in [0.15, 0.2) is 0 Å². The number of benzene rings is 2. The highest BCUT2D eigenvalue weighted by molar-refractivity contribution is 6.33. The van der Waals surface area contributed by atoms with Gasteiger partial charge in [0.25, 0.3) is 0 Å². The number of halogens is 1. The van der Waals surface area contributed by atoms with E-state index >= 15 is 0 Å². The van der Waals surface area contributed by atoms with Crippen LogP contribution in [0.1, 0.15) is 56.7 Å². The van der Waals surface area contributed by atoms with Crippen LogP contribution in [0, 0.1) is 13.8 Å². The highest BCUT2D eigenvalue weighted by Crippen LogP contribution is 2.33. The van der Waals surface area contributed by atoms with Crippen LogP contribution in [0.5, 0.6) is 0 Å². The molecule has 1 aromatic heterocycles. The third-order valence-electron chi connectivity index (χ3n) is 5.18. The van der Waals surface area contributed by atoms with Crippen LogP contribution in [0.3, 0.4) is 0 Å². The van der Waals surface area contributed by atoms with Crippen LogP contribution in [0.4, 0.5) is 0 Å². The Bertz CT molecular complexity index is 965. The summed E-state index contributed by atoms with van der Waals surface area (Å²) in [5, 5.41) is 9.74. The van der Waals surface area contributed by atoms with Crippen molar-refractivity contribution in [3.8, 4) is 0 Å². The average Bonchev–Trinajstić information content (AvgIpc) is 3.15. The van der Waals surface area contributed by atoms with Crippen LogP contribution < -0.4 is 0 Å². The van der Waals surface area contributed by atoms with Crippen LogP contribution in [-0.2, 0) is 12.8 Å². The number of aryl methyl sites for hydroxylation is 2. The second kappa shape index (κ2) is 7.97. The smallest absolute Gasteiger partial charge is 0.337 e. The highest BCUT2D eigenvalue weighted by atomic mass is 35.5. The van der Waals surface area contributed by atoms with Crippen LogP contribution in [-0.4, -0.2) is 21.0 Å². The van der Waals surface area contributed by atoms with Crippen molar-refractivity contribution >= 4 is 17.6 Å². The number of carboxylic acids is 1. The molecule has 3 aromatic rings. The maximum Gasteiger partial charge on any atom is 0.337 e. The fourth-order valence-corrected chi connectivity index (χ4v) is 3.94. The zero-order valence-corrected chi connectivity index (χ0v) is 16.5. The molecule has 3 rings (SSSR count). The van der Waals surface area contributed by atoms with E-state index in [2.05, 4.69) is 42.0 Å². The summed E-state index contributed by atoms with van der Waals surface area (Å²) in [6.45, 7) is 6.18. The first-order chi connectivity index (χ1) is 12.9. The van der Waals surface area contributed by atoms with Crippen LogP contribution in [0.25, 0.3) is 0 Å². The molecule has 0 saturated heterocycles. The Labute approximate surface area is 164 Å². The number of imidazole rings is 1. The van der Waals surface area contributed by atoms with E-state index in [-0.39, 0.29) is 11.5 Å². The van der Waals surface area contributed by atoms with Crippen LogP contribution in [0.15, 0.2) is 42.9 Å². The molecule has 0 aliphatic carbocycles. The van der Waals surface area contributed by atoms with Gasteiger partial charge in [0.2, 0.25) is 0 Å². The fourth-order valence-electron chi connectivity index (χ4n) is 3.59. The summed E-state index contributed by atoms with van der Waals surface area (Å²) in [5.74, 6) is -0.896. The maximum atomic E-state index is 11.5. The molecule has 0 fully saturated rings. The number of aromatic carboxylic acids is 1. The minimum absolute atomic E-state index is 0.0869. The van der Waals surface area contributed by atoms with E-state index in [9.17, 15) is 9.90 Å². The molecule has 0 spiro atoms. The molecule has 0 aliphatic heterocycles. The van der Waals surface area contributed by atoms with E-state index in [0.29, 0.717) is 17.9 Å². The molecular formula is C22H23ClN2O2. The molecule has 1 atom stereocenters. The molecule has 0 amide bonds. The predicted molar refractivity (Wildman–Crippen MR) is 108 cm³/mol. The number of rotatable bonds is 6. The summed E-state index contributed by atoms with van der Waals surface area (Å²) in [6, 6.07) is 10.1. The van der Waals surface area contributed by atoms with Gasteiger partial charge in [-0.25, -0.2) is 9.78 Å². The lowest BCUT2D eigenvalue weighted by atomic mass is 9.85. The predicted octanol–water partition coefficient (Wildman–Crippen LogP) is 5.32. The molecule has 2 aromatic carbocycles. The van der Waals surface area contributed by atoms with Gasteiger partial charge in [0.1, 0.15) is 0 Å². The molecule has 4 nitrogen and oxygen atoms in total. The third-order valence-corrected chi connectivity index (χ3v) is 5.48. The standard InChI is InChI=1S/C22H23ClN2O2/c1-4-16-8-15(10-19(23)21(16)22(26)27)9-18(20-11-24-12-25-20)17-7-5-6-13(2)14(17)3/h5-8,10-12,18H,4,9H2,1-3H3,(H,24,25)(H,26,27). The lowest BCUT2D eigenvalue weighted by Gasteiger charge is -2.20. The lowest BCUT2D eigenvalue weighted by Crippen LogP contribution is -2.10. The molecule has 1 heterocycles. The lowest BCUT2D eigenvalue weighted by molar-refractivity contribution is 0.0696. The Morgan fingerprint density at radius 2 is 2.07 bits per heavy atom. The van der Waals surface area contributed by atoms with Crippen molar-refractivity contribution in [3.05, 3.63) is 87.0 Å². The van der Waals surface area contributed by atoms with Gasteiger partial charge >= 0.3 is 5.97 Å². The molecule has 0 aliphatic rings. The summed E-state index contributed by atoms with van der Waals surface area (Å²) >= 11 is 6.32. The second-order valence-electron chi connectivity index (χ2n) is 6.82. The number of carboxylic acid groups (broad SMARTS) is 1. The van der Waals surface area contributed by atoms with E-state index in [1.807, 2.05) is 19.2 Å². The van der Waals surface area contributed by atoms with Gasteiger partial charge in [-0.15, -0.1) is 0 Å². The average molecular weight is 383 g/mol. The molecule has 140 valence electrons. The SMILES string of the molecule is CCc1cc(CC(c2cnc[nH]2)c2cccc(C)c2C)cc(Cl)c1C(=O)O. The van der Waals surface area contributed by atoms with Crippen molar-refractivity contribution in [2.24, 2.45) is 0 Å². The Morgan fingerprint density at radius 3 is 2.70 bits per heavy atom. The summed E-state index contributed by atoms with van der Waals surface area (Å²) in [6.07, 6.45) is 4.86. The highest BCUT2D eigenvalue weighted by Gasteiger charge is 2.21. The van der Waals surface area contributed by atoms with Gasteiger partial charge < -0.3 is 10.1 Å². The normalized spacial score (nSPS) is 12.1. The van der Waals surface area contributed by atoms with Gasteiger partial charge in [-0.2, -0.15) is 0 Å². The van der Waals surface area contributed by atoms with Gasteiger partial charge in [-0.05, 0) is 60.6 Å². The van der Waals surface area contributed by atoms with E-state index in [1.165, 1.54) is 16.7 Å². The Hall–Kier alpha value is -2.59. The quantitative estimate of drug-likeness (QED) is 0.606. The largest absolute Gasteiger partial charge is 0.478 e. The number of hydrogen-bond donors (Lipinski definition) is 2. The van der Waals surface area contributed by atoms with Crippen molar-refractivity contribution < 1.29 is 9.90 Å². The van der Waals surface area contributed by atoms with Crippen molar-refractivity contribution in [1.29, 1.82) is 0 Å². The van der Waals surface area contributed by atoms with Gasteiger partial charge in [-0.1, -0.05) is 42.8 Å². The van der Waals surface area contributed by atoms with E-state index in [4.69, 9.17) is 11.6 Å². The van der Waals surface area contributed by atoms with Crippen LogP contribution in [0.2, 0.25) is 5.02 Å². The minimum atomic E-state index is -0.983. The molecule has 0 bridgehead atoms. The summed E-state index contributed by atoms with van der Waals surface area (Å²) in [7, 11) is 0. The van der Waals surface area contributed by atoms with Crippen molar-refractivity contribution in [1.82, 2.24) is 9.97 Å². The number of carbonyl (C=O) groups is 1. The number of aromatic nitrogens is 2. The zero-order chi connectivity index (χ0) is 19.6. The molecular weight excluding hydrogens is 360 g/mol. The van der Waals surface area contributed by atoms with E-state index in [1.54, 1.807) is 12.4 Å². The number of hydrogen-bond acceptors (Lipinski definition) is 2. The van der Waals surface area contributed by atoms with Gasteiger partial charge in [-0.3, -0.25) is 0 Å². The minimum Gasteiger partial charge on any atom is -0.478 e. The Kier molecular flexibility index (Phi) is 5.66. The fraction of sp³-hybridized carbons (Fsp3) is 0.273. The monoisotopic (exact) mass is 382 g/mol. The number of H-pyrrole nitrogens is 1. The zero-order valence-electron chi connectivity index (χ0n) is 15.7. The first-order valence-corrected chi connectivity index (χ1v) is 9.39. The second-order valence-corrected chi connectivity index (χ2v) is 7.23. The molecule has 27 heavy (non-hydrogen) atoms. The third kappa shape index (κ3) is 3.91. The molecule has 1 unspecified atom stereocenters. The summed E-state index contributed by atoms with van der Waals surface area (Å²) in [5.41, 5.74) is 6.73. The summed E-state index contributed by atoms with van der Waals surface area (Å²) in [4.78, 5) is 19.0. The van der Waals surface area contributed by atoms with Crippen molar-refractivity contribution in [2.75, 3.05) is 0 Å². The molecule has 0 radical (unpaired) electrons. The molecule has 2 N–H and O–H groups in total. The van der Waals surface area contributed by atoms with Crippen molar-refractivity contribution in [3.63, 3.8) is 0 Å². The van der Waals surface area contributed by atoms with E-state index in [0.717, 1.165) is 16.8 Å². The number of nitrogens with zero attached hydrogens (tertiary/aromatic N) is 1. The molecule has 0 saturated carbocycles. The number of aromatic amines is 1. The topological polar surface area (TPSA) is 66.0 Å². The van der Waals surface area contributed by atoms with Crippen molar-refractivity contribution in [2.45, 2.75) is 39.5 Å². The first-order valence-electron chi connectivity index (χ1n) is 9.01. The molecule has 5 heteroatoms. The number of nitrogens with one attached hydrogen (secondary N) is 1. The van der Waals surface area contributed by atoms with Gasteiger partial charge in [0.05, 0.1) is 16.9 Å². The maximum absolute atomic E-state index is 11.5. The first kappa shape index (κ1) is 19.2. The Morgan fingerprint density at radius 1 is 1.30 bits per heavy atom. The van der Waals surface area contributed by atoms with Gasteiger partial charge in [0, 0.05) is 17.8 Å².